The molecule has 3 atom stereocenters. The fourth-order valence-electron chi connectivity index (χ4n) is 1.85. The molecule has 5 heteroatoms. The van der Waals surface area contributed by atoms with E-state index < -0.39 is 6.10 Å². The van der Waals surface area contributed by atoms with E-state index in [1.54, 1.807) is 6.92 Å². The van der Waals surface area contributed by atoms with E-state index in [1.807, 2.05) is 0 Å². The molecule has 0 spiro atoms. The van der Waals surface area contributed by atoms with Crippen LogP contribution >= 0.6 is 0 Å². The van der Waals surface area contributed by atoms with E-state index in [4.69, 9.17) is 14.2 Å². The Balaban J connectivity index is 1.96. The number of nitrogens with one attached hydrogen (secondary N) is 1. The average Bonchev–Trinajstić information content (AvgIpc) is 2.61. The van der Waals surface area contributed by atoms with Crippen molar-refractivity contribution in [3.8, 4) is 0 Å². The molecular weight excluding hydrogens is 186 g/mol. The second-order valence-electron chi connectivity index (χ2n) is 3.40. The summed E-state index contributed by atoms with van der Waals surface area (Å²) < 4.78 is 15.7. The number of hydrogen-bond donors (Lipinski definition) is 1. The lowest BCUT2D eigenvalue weighted by Gasteiger charge is -2.27. The molecule has 0 radical (unpaired) electrons. The Bertz CT molecular complexity index is 221. The van der Waals surface area contributed by atoms with Crippen LogP contribution in [0.4, 0.5) is 0 Å². The second-order valence-corrected chi connectivity index (χ2v) is 3.40. The van der Waals surface area contributed by atoms with Crippen molar-refractivity contribution in [3.63, 3.8) is 0 Å². The van der Waals surface area contributed by atoms with Gasteiger partial charge in [0.1, 0.15) is 6.10 Å². The van der Waals surface area contributed by atoms with Gasteiger partial charge in [-0.05, 0) is 6.92 Å². The minimum Gasteiger partial charge on any atom is -0.464 e. The summed E-state index contributed by atoms with van der Waals surface area (Å²) in [6.07, 6.45) is -0.726. The van der Waals surface area contributed by atoms with Crippen molar-refractivity contribution < 1.29 is 19.0 Å². The van der Waals surface area contributed by atoms with Gasteiger partial charge >= 0.3 is 5.97 Å². The predicted molar refractivity (Wildman–Crippen MR) is 47.9 cm³/mol. The molecule has 2 saturated heterocycles. The lowest BCUT2D eigenvalue weighted by Crippen LogP contribution is -2.51. The molecular formula is C9H15NO4. The minimum absolute atomic E-state index is 0.137. The lowest BCUT2D eigenvalue weighted by molar-refractivity contribution is -0.160. The highest BCUT2D eigenvalue weighted by Gasteiger charge is 2.44. The summed E-state index contributed by atoms with van der Waals surface area (Å²) in [7, 11) is 0. The van der Waals surface area contributed by atoms with Crippen LogP contribution in [0.15, 0.2) is 0 Å². The molecule has 2 rings (SSSR count). The van der Waals surface area contributed by atoms with Crippen LogP contribution in [0.25, 0.3) is 0 Å². The summed E-state index contributed by atoms with van der Waals surface area (Å²) in [5.74, 6) is -0.316. The molecule has 2 fully saturated rings. The molecule has 2 aliphatic heterocycles. The van der Waals surface area contributed by atoms with E-state index in [9.17, 15) is 4.79 Å². The highest BCUT2D eigenvalue weighted by atomic mass is 16.6. The molecule has 1 N–H and O–H groups in total. The van der Waals surface area contributed by atoms with Crippen LogP contribution in [0.2, 0.25) is 0 Å². The van der Waals surface area contributed by atoms with Crippen LogP contribution in [0, 0.1) is 0 Å². The molecule has 5 nitrogen and oxygen atoms in total. The molecule has 0 saturated carbocycles. The zero-order chi connectivity index (χ0) is 9.97. The van der Waals surface area contributed by atoms with Gasteiger partial charge in [0.05, 0.1) is 25.9 Å². The molecule has 2 aliphatic rings. The monoisotopic (exact) mass is 201 g/mol. The van der Waals surface area contributed by atoms with Gasteiger partial charge in [-0.2, -0.15) is 0 Å². The van der Waals surface area contributed by atoms with Crippen molar-refractivity contribution in [2.75, 3.05) is 26.4 Å². The van der Waals surface area contributed by atoms with Crippen molar-refractivity contribution in [1.82, 2.24) is 5.32 Å². The van der Waals surface area contributed by atoms with Crippen LogP contribution in [0.3, 0.4) is 0 Å². The number of carbonyl (C=O) groups excluding carboxylic acids is 1. The Hall–Kier alpha value is -0.650. The standard InChI is InChI=1S/C9H15NO4/c1-2-12-9(11)8-7-6(5-14-8)10-3-4-13-7/h6-8,10H,2-5H2,1H3. The zero-order valence-electron chi connectivity index (χ0n) is 8.19. The third kappa shape index (κ3) is 1.75. The molecule has 0 aromatic carbocycles. The molecule has 2 heterocycles. The van der Waals surface area contributed by atoms with E-state index in [2.05, 4.69) is 5.32 Å². The number of ether oxygens (including phenoxy) is 3. The van der Waals surface area contributed by atoms with Crippen molar-refractivity contribution in [2.45, 2.75) is 25.2 Å². The van der Waals surface area contributed by atoms with Crippen molar-refractivity contribution in [2.24, 2.45) is 0 Å². The maximum Gasteiger partial charge on any atom is 0.338 e. The summed E-state index contributed by atoms with van der Waals surface area (Å²) in [6.45, 7) is 4.13. The van der Waals surface area contributed by atoms with Crippen molar-refractivity contribution in [1.29, 1.82) is 0 Å². The summed E-state index contributed by atoms with van der Waals surface area (Å²) in [5.41, 5.74) is 0. The van der Waals surface area contributed by atoms with Gasteiger partial charge in [-0.25, -0.2) is 4.79 Å². The van der Waals surface area contributed by atoms with Gasteiger partial charge in [0.25, 0.3) is 0 Å². The van der Waals surface area contributed by atoms with Gasteiger partial charge in [0.2, 0.25) is 0 Å². The summed E-state index contributed by atoms with van der Waals surface area (Å²) >= 11 is 0. The maximum atomic E-state index is 11.4. The summed E-state index contributed by atoms with van der Waals surface area (Å²) in [4.78, 5) is 11.4. The molecule has 3 unspecified atom stereocenters. The Kier molecular flexibility index (Phi) is 3.00. The number of carbonyl (C=O) groups is 1. The first kappa shape index (κ1) is 9.89. The van der Waals surface area contributed by atoms with Gasteiger partial charge in [0, 0.05) is 6.54 Å². The van der Waals surface area contributed by atoms with Gasteiger partial charge < -0.3 is 19.5 Å². The molecule has 80 valence electrons. The van der Waals surface area contributed by atoms with Crippen LogP contribution in [0.1, 0.15) is 6.92 Å². The number of esters is 1. The van der Waals surface area contributed by atoms with Crippen LogP contribution in [-0.2, 0) is 19.0 Å². The molecule has 0 aromatic rings. The van der Waals surface area contributed by atoms with Crippen LogP contribution < -0.4 is 5.32 Å². The fourth-order valence-corrected chi connectivity index (χ4v) is 1.85. The fraction of sp³-hybridized carbons (Fsp3) is 0.889. The smallest absolute Gasteiger partial charge is 0.338 e. The number of hydrogen-bond acceptors (Lipinski definition) is 5. The van der Waals surface area contributed by atoms with E-state index in [0.717, 1.165) is 6.54 Å². The van der Waals surface area contributed by atoms with E-state index >= 15 is 0 Å². The SMILES string of the molecule is CCOC(=O)C1OCC2NCCOC21. The van der Waals surface area contributed by atoms with Gasteiger partial charge in [0.15, 0.2) is 6.10 Å². The third-order valence-corrected chi connectivity index (χ3v) is 2.49. The Morgan fingerprint density at radius 3 is 3.21 bits per heavy atom. The summed E-state index contributed by atoms with van der Waals surface area (Å²) in [5, 5.41) is 3.25. The predicted octanol–water partition coefficient (Wildman–Crippen LogP) is -0.695. The topological polar surface area (TPSA) is 56.8 Å². The van der Waals surface area contributed by atoms with Crippen LogP contribution in [-0.4, -0.2) is 50.6 Å². The maximum absolute atomic E-state index is 11.4. The normalized spacial score (nSPS) is 36.5. The molecule has 0 amide bonds. The molecule has 0 aromatic heterocycles. The highest BCUT2D eigenvalue weighted by molar-refractivity contribution is 5.76. The summed E-state index contributed by atoms with van der Waals surface area (Å²) in [6, 6.07) is 0.137. The second kappa shape index (κ2) is 4.25. The van der Waals surface area contributed by atoms with E-state index in [-0.39, 0.29) is 18.1 Å². The third-order valence-electron chi connectivity index (χ3n) is 2.49. The van der Waals surface area contributed by atoms with E-state index in [0.29, 0.717) is 19.8 Å². The molecule has 14 heavy (non-hydrogen) atoms. The lowest BCUT2D eigenvalue weighted by atomic mass is 10.1. The Labute approximate surface area is 82.7 Å². The Morgan fingerprint density at radius 1 is 1.57 bits per heavy atom. The van der Waals surface area contributed by atoms with Crippen LogP contribution in [0.5, 0.6) is 0 Å². The van der Waals surface area contributed by atoms with Gasteiger partial charge in [-0.1, -0.05) is 0 Å². The first-order valence-corrected chi connectivity index (χ1v) is 4.96. The number of rotatable bonds is 2. The first-order valence-electron chi connectivity index (χ1n) is 4.96. The Morgan fingerprint density at radius 2 is 2.43 bits per heavy atom. The average molecular weight is 201 g/mol. The molecule has 0 bridgehead atoms. The van der Waals surface area contributed by atoms with E-state index in [1.165, 1.54) is 0 Å². The highest BCUT2D eigenvalue weighted by Crippen LogP contribution is 2.21. The number of fused-ring (bicyclic) bond motifs is 1. The van der Waals surface area contributed by atoms with Crippen molar-refractivity contribution in [3.05, 3.63) is 0 Å². The largest absolute Gasteiger partial charge is 0.464 e. The molecule has 0 aliphatic carbocycles. The van der Waals surface area contributed by atoms with Gasteiger partial charge in [-0.15, -0.1) is 0 Å². The van der Waals surface area contributed by atoms with Gasteiger partial charge in [-0.3, -0.25) is 0 Å². The first-order chi connectivity index (χ1) is 6.83. The minimum atomic E-state index is -0.548. The zero-order valence-corrected chi connectivity index (χ0v) is 8.19. The van der Waals surface area contributed by atoms with Crippen molar-refractivity contribution >= 4 is 5.97 Å². The quantitative estimate of drug-likeness (QED) is 0.599. The number of morpholine rings is 1.